The quantitative estimate of drug-likeness (QED) is 0.700. The van der Waals surface area contributed by atoms with Crippen molar-refractivity contribution in [2.24, 2.45) is 5.92 Å². The number of piperazine rings is 1. The molecule has 1 saturated carbocycles. The average Bonchev–Trinajstić information content (AvgIpc) is 3.24. The van der Waals surface area contributed by atoms with E-state index >= 15 is 0 Å². The van der Waals surface area contributed by atoms with Gasteiger partial charge in [-0.25, -0.2) is 0 Å². The molecule has 2 aliphatic rings. The minimum Gasteiger partial charge on any atom is -0.469 e. The van der Waals surface area contributed by atoms with Crippen LogP contribution in [0.1, 0.15) is 36.6 Å². The van der Waals surface area contributed by atoms with E-state index in [1.165, 1.54) is 12.8 Å². The summed E-state index contributed by atoms with van der Waals surface area (Å²) in [5.74, 6) is 0.393. The first kappa shape index (κ1) is 23.9. The van der Waals surface area contributed by atoms with E-state index in [9.17, 15) is 4.79 Å². The van der Waals surface area contributed by atoms with Crippen molar-refractivity contribution in [2.45, 2.75) is 31.6 Å². The lowest BCUT2D eigenvalue weighted by atomic mass is 9.82. The number of ether oxygens (including phenoxy) is 1. The first-order valence-electron chi connectivity index (χ1n) is 9.72. The van der Waals surface area contributed by atoms with Crippen molar-refractivity contribution < 1.29 is 9.53 Å². The zero-order valence-electron chi connectivity index (χ0n) is 16.5. The summed E-state index contributed by atoms with van der Waals surface area (Å²) in [5, 5.41) is 14.3. The number of hydrogen-bond donors (Lipinski definition) is 1. The van der Waals surface area contributed by atoms with Gasteiger partial charge >= 0.3 is 5.97 Å². The molecule has 160 valence electrons. The van der Waals surface area contributed by atoms with Crippen LogP contribution in [-0.4, -0.2) is 49.5 Å². The van der Waals surface area contributed by atoms with Crippen molar-refractivity contribution in [1.29, 1.82) is 0 Å². The highest BCUT2D eigenvalue weighted by Gasteiger charge is 2.29. The third kappa shape index (κ3) is 5.60. The molecule has 1 aliphatic heterocycles. The number of nitrogens with zero attached hydrogens (tertiary/aromatic N) is 3. The third-order valence-electron chi connectivity index (χ3n) is 5.65. The van der Waals surface area contributed by atoms with E-state index in [4.69, 9.17) is 4.74 Å². The normalized spacial score (nSPS) is 21.6. The van der Waals surface area contributed by atoms with Gasteiger partial charge in [-0.15, -0.1) is 35.0 Å². The van der Waals surface area contributed by atoms with E-state index < -0.39 is 0 Å². The molecule has 0 unspecified atom stereocenters. The fourth-order valence-electron chi connectivity index (χ4n) is 4.00. The number of anilines is 1. The molecule has 0 amide bonds. The van der Waals surface area contributed by atoms with Crippen LogP contribution in [0.5, 0.6) is 0 Å². The lowest BCUT2D eigenvalue weighted by molar-refractivity contribution is -0.146. The summed E-state index contributed by atoms with van der Waals surface area (Å²) < 4.78 is 4.87. The lowest BCUT2D eigenvalue weighted by Gasteiger charge is -2.29. The summed E-state index contributed by atoms with van der Waals surface area (Å²) in [6.45, 7) is 4.19. The topological polar surface area (TPSA) is 67.3 Å². The van der Waals surface area contributed by atoms with Crippen LogP contribution in [0.2, 0.25) is 0 Å². The van der Waals surface area contributed by atoms with Gasteiger partial charge in [-0.05, 0) is 49.9 Å². The zero-order valence-corrected chi connectivity index (χ0v) is 19.0. The van der Waals surface area contributed by atoms with Gasteiger partial charge in [0.2, 0.25) is 0 Å². The van der Waals surface area contributed by atoms with Gasteiger partial charge < -0.3 is 15.0 Å². The molecule has 0 radical (unpaired) electrons. The Labute approximate surface area is 188 Å². The van der Waals surface area contributed by atoms with Gasteiger partial charge in [0.1, 0.15) is 10.0 Å². The van der Waals surface area contributed by atoms with Gasteiger partial charge in [0.25, 0.3) is 0 Å². The Bertz CT molecular complexity index is 773. The number of rotatable bonds is 4. The molecule has 1 saturated heterocycles. The number of hydrogen-bond acceptors (Lipinski definition) is 7. The smallest absolute Gasteiger partial charge is 0.308 e. The van der Waals surface area contributed by atoms with Crippen LogP contribution in [0.25, 0.3) is 10.6 Å². The predicted molar refractivity (Wildman–Crippen MR) is 122 cm³/mol. The Hall–Kier alpha value is -1.41. The average molecular weight is 459 g/mol. The van der Waals surface area contributed by atoms with Crippen molar-refractivity contribution in [2.75, 3.05) is 38.2 Å². The first-order chi connectivity index (χ1) is 13.2. The minimum atomic E-state index is -0.0732. The van der Waals surface area contributed by atoms with Crippen LogP contribution >= 0.6 is 36.2 Å². The maximum Gasteiger partial charge on any atom is 0.308 e. The fourth-order valence-corrected chi connectivity index (χ4v) is 5.01. The summed E-state index contributed by atoms with van der Waals surface area (Å²) in [6.07, 6.45) is 3.73. The van der Waals surface area contributed by atoms with Crippen LogP contribution < -0.4 is 10.2 Å². The van der Waals surface area contributed by atoms with Crippen LogP contribution in [0.15, 0.2) is 24.3 Å². The summed E-state index contributed by atoms with van der Waals surface area (Å²) in [4.78, 5) is 14.1. The Morgan fingerprint density at radius 3 is 2.34 bits per heavy atom. The SMILES string of the molecule is COC(=O)C1CCC(c2nnc(-c3ccc(N4CCNCC4)cc3)s2)CC1.Cl.Cl. The second-order valence-electron chi connectivity index (χ2n) is 7.30. The summed E-state index contributed by atoms with van der Waals surface area (Å²) in [7, 11) is 1.47. The summed E-state index contributed by atoms with van der Waals surface area (Å²) >= 11 is 1.69. The Morgan fingerprint density at radius 1 is 1.07 bits per heavy atom. The third-order valence-corrected chi connectivity index (χ3v) is 6.78. The number of carbonyl (C=O) groups excluding carboxylic acids is 1. The maximum absolute atomic E-state index is 11.7. The summed E-state index contributed by atoms with van der Waals surface area (Å²) in [6, 6.07) is 8.66. The molecule has 2 fully saturated rings. The molecule has 0 atom stereocenters. The van der Waals surface area contributed by atoms with Gasteiger partial charge in [0.15, 0.2) is 0 Å². The van der Waals surface area contributed by atoms with Crippen LogP contribution in [0.3, 0.4) is 0 Å². The molecule has 2 aromatic rings. The molecule has 1 N–H and O–H groups in total. The number of halogens is 2. The Kier molecular flexibility index (Phi) is 9.14. The number of nitrogens with one attached hydrogen (secondary N) is 1. The van der Waals surface area contributed by atoms with Gasteiger partial charge in [-0.2, -0.15) is 0 Å². The number of benzene rings is 1. The first-order valence-corrected chi connectivity index (χ1v) is 10.5. The van der Waals surface area contributed by atoms with Gasteiger partial charge in [0, 0.05) is 43.3 Å². The minimum absolute atomic E-state index is 0. The predicted octanol–water partition coefficient (Wildman–Crippen LogP) is 3.91. The molecule has 1 aromatic heterocycles. The van der Waals surface area contributed by atoms with Crippen molar-refractivity contribution >= 4 is 47.8 Å². The zero-order chi connectivity index (χ0) is 18.6. The largest absolute Gasteiger partial charge is 0.469 e. The number of esters is 1. The molecule has 1 aromatic carbocycles. The van der Waals surface area contributed by atoms with E-state index in [1.54, 1.807) is 11.3 Å². The van der Waals surface area contributed by atoms with E-state index in [0.29, 0.717) is 5.92 Å². The number of aromatic nitrogens is 2. The Morgan fingerprint density at radius 2 is 1.72 bits per heavy atom. The number of methoxy groups -OCH3 is 1. The van der Waals surface area contributed by atoms with E-state index in [2.05, 4.69) is 44.7 Å². The van der Waals surface area contributed by atoms with Crippen molar-refractivity contribution in [1.82, 2.24) is 15.5 Å². The molecule has 2 heterocycles. The van der Waals surface area contributed by atoms with Crippen LogP contribution in [0.4, 0.5) is 5.69 Å². The highest BCUT2D eigenvalue weighted by atomic mass is 35.5. The molecule has 29 heavy (non-hydrogen) atoms. The van der Waals surface area contributed by atoms with E-state index in [-0.39, 0.29) is 36.7 Å². The molecular weight excluding hydrogens is 431 g/mol. The van der Waals surface area contributed by atoms with E-state index in [0.717, 1.165) is 67.4 Å². The molecular formula is C20H28Cl2N4O2S. The molecule has 6 nitrogen and oxygen atoms in total. The number of carbonyl (C=O) groups is 1. The van der Waals surface area contributed by atoms with E-state index in [1.807, 2.05) is 0 Å². The van der Waals surface area contributed by atoms with Crippen LogP contribution in [0, 0.1) is 5.92 Å². The standard InChI is InChI=1S/C20H26N4O2S.2ClH/c1-26-20(25)16-4-2-14(3-5-16)18-22-23-19(27-18)15-6-8-17(9-7-15)24-12-10-21-11-13-24;;/h6-9,14,16,21H,2-5,10-13H2,1H3;2*1H. The Balaban J connectivity index is 0.00000150. The summed E-state index contributed by atoms with van der Waals surface area (Å²) in [5.41, 5.74) is 2.40. The highest BCUT2D eigenvalue weighted by molar-refractivity contribution is 7.14. The monoisotopic (exact) mass is 458 g/mol. The molecule has 0 bridgehead atoms. The second kappa shape index (κ2) is 11.1. The lowest BCUT2D eigenvalue weighted by Crippen LogP contribution is -2.43. The van der Waals surface area contributed by atoms with Crippen molar-refractivity contribution in [3.63, 3.8) is 0 Å². The van der Waals surface area contributed by atoms with Crippen LogP contribution in [-0.2, 0) is 9.53 Å². The van der Waals surface area contributed by atoms with Crippen molar-refractivity contribution in [3.05, 3.63) is 29.3 Å². The van der Waals surface area contributed by atoms with Crippen molar-refractivity contribution in [3.8, 4) is 10.6 Å². The van der Waals surface area contributed by atoms with Gasteiger partial charge in [0.05, 0.1) is 13.0 Å². The highest BCUT2D eigenvalue weighted by Crippen LogP contribution is 2.39. The molecule has 4 rings (SSSR count). The van der Waals surface area contributed by atoms with Gasteiger partial charge in [-0.3, -0.25) is 4.79 Å². The molecule has 0 spiro atoms. The maximum atomic E-state index is 11.7. The second-order valence-corrected chi connectivity index (χ2v) is 8.31. The fraction of sp³-hybridized carbons (Fsp3) is 0.550. The molecule has 1 aliphatic carbocycles. The van der Waals surface area contributed by atoms with Gasteiger partial charge in [-0.1, -0.05) is 11.3 Å². The molecule has 9 heteroatoms.